The van der Waals surface area contributed by atoms with Gasteiger partial charge in [0.1, 0.15) is 0 Å². The summed E-state index contributed by atoms with van der Waals surface area (Å²) in [5.41, 5.74) is -0.436. The molecule has 0 radical (unpaired) electrons. The highest BCUT2D eigenvalue weighted by Gasteiger charge is 2.30. The minimum atomic E-state index is -0.436. The third-order valence-corrected chi connectivity index (χ3v) is 3.33. The van der Waals surface area contributed by atoms with Gasteiger partial charge in [0.25, 0.3) is 0 Å². The third kappa shape index (κ3) is 4.49. The second kappa shape index (κ2) is 6.46. The fourth-order valence-corrected chi connectivity index (χ4v) is 2.20. The Morgan fingerprint density at radius 2 is 1.93 bits per heavy atom. The van der Waals surface area contributed by atoms with Gasteiger partial charge >= 0.3 is 0 Å². The highest BCUT2D eigenvalue weighted by molar-refractivity contribution is 4.87. The van der Waals surface area contributed by atoms with Crippen molar-refractivity contribution in [3.63, 3.8) is 0 Å². The van der Waals surface area contributed by atoms with Crippen molar-refractivity contribution < 1.29 is 5.11 Å². The first-order chi connectivity index (χ1) is 7.20. The fourth-order valence-electron chi connectivity index (χ4n) is 2.20. The highest BCUT2D eigenvalue weighted by atomic mass is 16.3. The molecule has 90 valence electrons. The Morgan fingerprint density at radius 1 is 1.27 bits per heavy atom. The molecule has 0 aromatic heterocycles. The molecule has 0 aliphatic carbocycles. The molecule has 15 heavy (non-hydrogen) atoms. The van der Waals surface area contributed by atoms with E-state index in [9.17, 15) is 5.11 Å². The van der Waals surface area contributed by atoms with Crippen LogP contribution in [0.1, 0.15) is 39.5 Å². The lowest BCUT2D eigenvalue weighted by molar-refractivity contribution is -0.0200. The van der Waals surface area contributed by atoms with Crippen molar-refractivity contribution in [3.8, 4) is 0 Å². The number of aliphatic hydroxyl groups is 1. The van der Waals surface area contributed by atoms with Crippen molar-refractivity contribution in [2.75, 3.05) is 32.7 Å². The minimum Gasteiger partial charge on any atom is -0.388 e. The van der Waals surface area contributed by atoms with E-state index < -0.39 is 5.60 Å². The zero-order valence-electron chi connectivity index (χ0n) is 10.3. The summed E-state index contributed by atoms with van der Waals surface area (Å²) in [6.45, 7) is 9.35. The van der Waals surface area contributed by atoms with Crippen LogP contribution in [0.2, 0.25) is 0 Å². The Morgan fingerprint density at radius 3 is 2.47 bits per heavy atom. The quantitative estimate of drug-likeness (QED) is 0.698. The first-order valence-electron chi connectivity index (χ1n) is 6.35. The van der Waals surface area contributed by atoms with Crippen molar-refractivity contribution in [2.45, 2.75) is 45.1 Å². The van der Waals surface area contributed by atoms with Gasteiger partial charge in [-0.15, -0.1) is 0 Å². The van der Waals surface area contributed by atoms with Gasteiger partial charge in [-0.05, 0) is 45.4 Å². The molecule has 1 aliphatic heterocycles. The van der Waals surface area contributed by atoms with Gasteiger partial charge in [-0.3, -0.25) is 0 Å². The van der Waals surface area contributed by atoms with E-state index in [0.717, 1.165) is 45.6 Å². The molecule has 3 heteroatoms. The summed E-state index contributed by atoms with van der Waals surface area (Å²) in [7, 11) is 0. The van der Waals surface area contributed by atoms with Crippen LogP contribution in [0, 0.1) is 0 Å². The van der Waals surface area contributed by atoms with Crippen molar-refractivity contribution in [2.24, 2.45) is 0 Å². The van der Waals surface area contributed by atoms with E-state index in [1.807, 2.05) is 0 Å². The Bertz CT molecular complexity index is 167. The van der Waals surface area contributed by atoms with Gasteiger partial charge in [0, 0.05) is 6.54 Å². The van der Waals surface area contributed by atoms with E-state index >= 15 is 0 Å². The van der Waals surface area contributed by atoms with E-state index in [-0.39, 0.29) is 0 Å². The predicted octanol–water partition coefficient (Wildman–Crippen LogP) is 1.22. The van der Waals surface area contributed by atoms with E-state index in [4.69, 9.17) is 0 Å². The predicted molar refractivity (Wildman–Crippen MR) is 64.1 cm³/mol. The number of nitrogens with zero attached hydrogens (tertiary/aromatic N) is 1. The molecule has 0 aromatic carbocycles. The van der Waals surface area contributed by atoms with E-state index in [1.54, 1.807) is 0 Å². The Labute approximate surface area is 93.9 Å². The molecule has 1 saturated heterocycles. The van der Waals surface area contributed by atoms with Gasteiger partial charge in [-0.2, -0.15) is 0 Å². The summed E-state index contributed by atoms with van der Waals surface area (Å²) in [4.78, 5) is 2.38. The molecule has 1 fully saturated rings. The normalized spacial score (nSPS) is 20.8. The smallest absolute Gasteiger partial charge is 0.0798 e. The van der Waals surface area contributed by atoms with Crippen LogP contribution in [0.15, 0.2) is 0 Å². The average Bonchev–Trinajstić information content (AvgIpc) is 2.25. The number of rotatable bonds is 6. The molecular formula is C12H26N2O. The summed E-state index contributed by atoms with van der Waals surface area (Å²) < 4.78 is 0. The van der Waals surface area contributed by atoms with E-state index in [0.29, 0.717) is 0 Å². The molecule has 0 bridgehead atoms. The molecule has 0 unspecified atom stereocenters. The first kappa shape index (κ1) is 12.9. The van der Waals surface area contributed by atoms with Crippen LogP contribution in [0.25, 0.3) is 0 Å². The largest absolute Gasteiger partial charge is 0.388 e. The summed E-state index contributed by atoms with van der Waals surface area (Å²) in [5, 5.41) is 13.7. The topological polar surface area (TPSA) is 35.5 Å². The number of unbranched alkanes of at least 4 members (excludes halogenated alkanes) is 1. The van der Waals surface area contributed by atoms with Crippen LogP contribution in [0.5, 0.6) is 0 Å². The summed E-state index contributed by atoms with van der Waals surface area (Å²) in [6, 6.07) is 0. The zero-order valence-corrected chi connectivity index (χ0v) is 10.3. The maximum Gasteiger partial charge on any atom is 0.0798 e. The minimum absolute atomic E-state index is 0.436. The van der Waals surface area contributed by atoms with Crippen LogP contribution in [0.3, 0.4) is 0 Å². The van der Waals surface area contributed by atoms with Crippen molar-refractivity contribution in [1.82, 2.24) is 10.2 Å². The molecule has 3 nitrogen and oxygen atoms in total. The SMILES string of the molecule is CCCCN(CC)CC1(O)CCNCC1. The maximum atomic E-state index is 10.4. The zero-order chi connectivity index (χ0) is 11.1. The van der Waals surface area contributed by atoms with Gasteiger partial charge in [0.05, 0.1) is 5.60 Å². The van der Waals surface area contributed by atoms with Crippen molar-refractivity contribution in [1.29, 1.82) is 0 Å². The van der Waals surface area contributed by atoms with Crippen molar-refractivity contribution >= 4 is 0 Å². The number of hydrogen-bond donors (Lipinski definition) is 2. The summed E-state index contributed by atoms with van der Waals surface area (Å²) >= 11 is 0. The third-order valence-electron chi connectivity index (χ3n) is 3.33. The lowest BCUT2D eigenvalue weighted by atomic mass is 9.92. The average molecular weight is 214 g/mol. The number of nitrogens with one attached hydrogen (secondary N) is 1. The lowest BCUT2D eigenvalue weighted by Gasteiger charge is -2.37. The molecule has 0 saturated carbocycles. The molecule has 1 heterocycles. The van der Waals surface area contributed by atoms with Crippen LogP contribution in [-0.2, 0) is 0 Å². The van der Waals surface area contributed by atoms with Crippen LogP contribution in [0.4, 0.5) is 0 Å². The van der Waals surface area contributed by atoms with Gasteiger partial charge in [-0.1, -0.05) is 20.3 Å². The number of hydrogen-bond acceptors (Lipinski definition) is 3. The van der Waals surface area contributed by atoms with E-state index in [1.165, 1.54) is 12.8 Å². The Kier molecular flexibility index (Phi) is 5.58. The summed E-state index contributed by atoms with van der Waals surface area (Å²) in [5.74, 6) is 0. The molecule has 0 amide bonds. The molecule has 0 atom stereocenters. The second-order valence-corrected chi connectivity index (χ2v) is 4.70. The van der Waals surface area contributed by atoms with Gasteiger partial charge in [0.2, 0.25) is 0 Å². The fraction of sp³-hybridized carbons (Fsp3) is 1.00. The standard InChI is InChI=1S/C12H26N2O/c1-3-5-10-14(4-2)11-12(15)6-8-13-9-7-12/h13,15H,3-11H2,1-2H3. The number of likely N-dealkylation sites (N-methyl/N-ethyl adjacent to an activating group) is 1. The molecule has 0 spiro atoms. The second-order valence-electron chi connectivity index (χ2n) is 4.70. The van der Waals surface area contributed by atoms with Crippen LogP contribution >= 0.6 is 0 Å². The number of piperidine rings is 1. The van der Waals surface area contributed by atoms with Crippen molar-refractivity contribution in [3.05, 3.63) is 0 Å². The van der Waals surface area contributed by atoms with Gasteiger partial charge in [0.15, 0.2) is 0 Å². The van der Waals surface area contributed by atoms with Crippen LogP contribution < -0.4 is 5.32 Å². The maximum absolute atomic E-state index is 10.4. The molecule has 2 N–H and O–H groups in total. The highest BCUT2D eigenvalue weighted by Crippen LogP contribution is 2.19. The Hall–Kier alpha value is -0.120. The molecule has 0 aromatic rings. The Balaban J connectivity index is 2.34. The van der Waals surface area contributed by atoms with E-state index in [2.05, 4.69) is 24.1 Å². The molecule has 1 rings (SSSR count). The summed E-state index contributed by atoms with van der Waals surface area (Å²) in [6.07, 6.45) is 4.27. The lowest BCUT2D eigenvalue weighted by Crippen LogP contribution is -2.49. The molecular weight excluding hydrogens is 188 g/mol. The molecule has 1 aliphatic rings. The van der Waals surface area contributed by atoms with Gasteiger partial charge < -0.3 is 15.3 Å². The monoisotopic (exact) mass is 214 g/mol. The van der Waals surface area contributed by atoms with Gasteiger partial charge in [-0.25, -0.2) is 0 Å². The van der Waals surface area contributed by atoms with Crippen LogP contribution in [-0.4, -0.2) is 48.3 Å². The first-order valence-corrected chi connectivity index (χ1v) is 6.35.